The predicted octanol–water partition coefficient (Wildman–Crippen LogP) is 2.21. The monoisotopic (exact) mass is 294 g/mol. The van der Waals surface area contributed by atoms with E-state index in [0.29, 0.717) is 6.42 Å². The van der Waals surface area contributed by atoms with E-state index in [2.05, 4.69) is 10.0 Å². The Kier molecular flexibility index (Phi) is 4.18. The fraction of sp³-hybridized carbons (Fsp3) is 1.00. The van der Waals surface area contributed by atoms with Gasteiger partial charge in [0.1, 0.15) is 10.8 Å². The lowest BCUT2D eigenvalue weighted by atomic mass is 9.74. The minimum atomic E-state index is -2.75. The van der Waals surface area contributed by atoms with Gasteiger partial charge in [0.25, 0.3) is 5.92 Å². The fourth-order valence-corrected chi connectivity index (χ4v) is 4.10. The van der Waals surface area contributed by atoms with Crippen molar-refractivity contribution < 1.29 is 13.3 Å². The van der Waals surface area contributed by atoms with Crippen LogP contribution in [0, 0.1) is 5.41 Å². The molecule has 0 aromatic carbocycles. The fourth-order valence-electron chi connectivity index (χ4n) is 3.11. The van der Waals surface area contributed by atoms with Crippen LogP contribution in [0.4, 0.5) is 8.78 Å². The Balaban J connectivity index is 2.17. The van der Waals surface area contributed by atoms with E-state index in [4.69, 9.17) is 0 Å². The third-order valence-electron chi connectivity index (χ3n) is 4.37. The van der Waals surface area contributed by atoms with Crippen LogP contribution in [0.1, 0.15) is 46.5 Å². The Hall–Kier alpha value is 0.0900. The molecule has 2 aliphatic rings. The second-order valence-electron chi connectivity index (χ2n) is 6.81. The van der Waals surface area contributed by atoms with Crippen LogP contribution >= 0.6 is 0 Å². The van der Waals surface area contributed by atoms with Crippen LogP contribution in [-0.4, -0.2) is 34.4 Å². The molecule has 1 unspecified atom stereocenters. The van der Waals surface area contributed by atoms with Crippen molar-refractivity contribution in [1.82, 2.24) is 10.0 Å². The molecule has 2 atom stereocenters. The van der Waals surface area contributed by atoms with E-state index in [9.17, 15) is 13.3 Å². The molecule has 2 N–H and O–H groups in total. The van der Waals surface area contributed by atoms with Crippen molar-refractivity contribution in [3.63, 3.8) is 0 Å². The van der Waals surface area contributed by atoms with Crippen molar-refractivity contribution in [1.29, 1.82) is 0 Å². The normalized spacial score (nSPS) is 31.6. The highest BCUT2D eigenvalue weighted by molar-refractivity contribution is 7.90. The molecule has 2 rings (SSSR count). The van der Waals surface area contributed by atoms with Gasteiger partial charge < -0.3 is 9.87 Å². The molecule has 1 spiro atoms. The van der Waals surface area contributed by atoms with Gasteiger partial charge in [-0.1, -0.05) is 0 Å². The van der Waals surface area contributed by atoms with E-state index < -0.39 is 33.5 Å². The average molecular weight is 294 g/mol. The Labute approximate surface area is 117 Å². The van der Waals surface area contributed by atoms with Gasteiger partial charge in [0.15, 0.2) is 0 Å². The predicted molar refractivity (Wildman–Crippen MR) is 73.5 cm³/mol. The van der Waals surface area contributed by atoms with Gasteiger partial charge >= 0.3 is 0 Å². The number of piperidine rings is 1. The van der Waals surface area contributed by atoms with E-state index in [-0.39, 0.29) is 6.42 Å². The maximum atomic E-state index is 14.2. The van der Waals surface area contributed by atoms with Crippen molar-refractivity contribution in [3.05, 3.63) is 0 Å². The van der Waals surface area contributed by atoms with Gasteiger partial charge in [0, 0.05) is 17.8 Å². The summed E-state index contributed by atoms with van der Waals surface area (Å²) in [5, 5.41) is 3.22. The molecule has 0 bridgehead atoms. The first-order chi connectivity index (χ1) is 8.67. The van der Waals surface area contributed by atoms with Gasteiger partial charge in [-0.25, -0.2) is 8.78 Å². The van der Waals surface area contributed by atoms with Crippen molar-refractivity contribution in [2.24, 2.45) is 5.41 Å². The molecule has 1 saturated carbocycles. The zero-order valence-corrected chi connectivity index (χ0v) is 12.7. The Morgan fingerprint density at radius 2 is 1.74 bits per heavy atom. The molecular formula is C13H24F2N2OS. The zero-order valence-electron chi connectivity index (χ0n) is 11.9. The van der Waals surface area contributed by atoms with Crippen LogP contribution in [0.3, 0.4) is 0 Å². The molecular weight excluding hydrogens is 270 g/mol. The van der Waals surface area contributed by atoms with Crippen molar-refractivity contribution >= 4 is 11.4 Å². The topological polar surface area (TPSA) is 47.1 Å². The quantitative estimate of drug-likeness (QED) is 0.768. The number of hydrogen-bond acceptors (Lipinski definition) is 3. The second-order valence-corrected chi connectivity index (χ2v) is 8.80. The second kappa shape index (κ2) is 5.13. The molecule has 1 aliphatic carbocycles. The lowest BCUT2D eigenvalue weighted by Crippen LogP contribution is -2.57. The van der Waals surface area contributed by atoms with E-state index in [1.54, 1.807) is 20.8 Å². The highest BCUT2D eigenvalue weighted by atomic mass is 32.2. The first-order valence-corrected chi connectivity index (χ1v) is 8.09. The summed E-state index contributed by atoms with van der Waals surface area (Å²) >= 11 is -1.45. The number of rotatable bonds is 2. The Bertz CT molecular complexity index is 327. The molecule has 6 heteroatoms. The lowest BCUT2D eigenvalue weighted by molar-refractivity contribution is -0.0353. The third-order valence-corrected chi connectivity index (χ3v) is 5.93. The van der Waals surface area contributed by atoms with E-state index in [0.717, 1.165) is 25.9 Å². The molecule has 3 nitrogen and oxygen atoms in total. The molecule has 0 aromatic heterocycles. The summed E-state index contributed by atoms with van der Waals surface area (Å²) in [4.78, 5) is 0. The highest BCUT2D eigenvalue weighted by Gasteiger charge is 2.60. The first-order valence-electron chi connectivity index (χ1n) is 6.94. The number of hydrogen-bond donors (Lipinski definition) is 2. The van der Waals surface area contributed by atoms with Gasteiger partial charge in [-0.15, -0.1) is 4.72 Å². The summed E-state index contributed by atoms with van der Waals surface area (Å²) in [6.45, 7) is 6.96. The molecule has 112 valence electrons. The Morgan fingerprint density at radius 3 is 2.26 bits per heavy atom. The smallest absolute Gasteiger partial charge is 0.268 e. The lowest BCUT2D eigenvalue weighted by Gasteiger charge is -2.41. The summed E-state index contributed by atoms with van der Waals surface area (Å²) in [7, 11) is 0. The van der Waals surface area contributed by atoms with Gasteiger partial charge in [0.2, 0.25) is 0 Å². The van der Waals surface area contributed by atoms with E-state index in [1.165, 1.54) is 0 Å². The van der Waals surface area contributed by atoms with Gasteiger partial charge in [-0.3, -0.25) is 0 Å². The SMILES string of the molecule is CC(C)(C)[S@@+]([O-])NC1C(F)(F)CCC12CCNCC2. The summed E-state index contributed by atoms with van der Waals surface area (Å²) in [6, 6.07) is -0.956. The van der Waals surface area contributed by atoms with Crippen molar-refractivity contribution in [2.45, 2.75) is 63.2 Å². The van der Waals surface area contributed by atoms with Crippen LogP contribution in [0.5, 0.6) is 0 Å². The van der Waals surface area contributed by atoms with Crippen molar-refractivity contribution in [2.75, 3.05) is 13.1 Å². The summed E-state index contributed by atoms with van der Waals surface area (Å²) in [5.41, 5.74) is -0.393. The highest BCUT2D eigenvalue weighted by Crippen LogP contribution is 2.52. The van der Waals surface area contributed by atoms with Gasteiger partial charge in [-0.05, 0) is 58.5 Å². The minimum Gasteiger partial charge on any atom is -0.598 e. The van der Waals surface area contributed by atoms with Crippen molar-refractivity contribution in [3.8, 4) is 0 Å². The summed E-state index contributed by atoms with van der Waals surface area (Å²) < 4.78 is 42.8. The molecule has 2 fully saturated rings. The van der Waals surface area contributed by atoms with Crippen LogP contribution in [0.15, 0.2) is 0 Å². The van der Waals surface area contributed by atoms with Gasteiger partial charge in [-0.2, -0.15) is 0 Å². The minimum absolute atomic E-state index is 0.0913. The maximum absolute atomic E-state index is 14.2. The molecule has 0 aromatic rings. The number of halogens is 2. The Morgan fingerprint density at radius 1 is 1.16 bits per heavy atom. The van der Waals surface area contributed by atoms with E-state index >= 15 is 0 Å². The first kappa shape index (κ1) is 15.5. The summed E-state index contributed by atoms with van der Waals surface area (Å²) in [6.07, 6.45) is 1.91. The molecule has 1 saturated heterocycles. The zero-order chi connectivity index (χ0) is 14.3. The van der Waals surface area contributed by atoms with E-state index in [1.807, 2.05) is 0 Å². The molecule has 1 aliphatic heterocycles. The standard InChI is InChI=1S/C13H24F2N2OS/c1-11(2,3)19(18)17-10-12(4-5-13(10,14)15)6-8-16-9-7-12/h10,16-17H,4-9H2,1-3H3/t10?,19-/m1/s1. The van der Waals surface area contributed by atoms with Crippen LogP contribution in [-0.2, 0) is 11.4 Å². The van der Waals surface area contributed by atoms with Crippen LogP contribution in [0.2, 0.25) is 0 Å². The van der Waals surface area contributed by atoms with Gasteiger partial charge in [0.05, 0.1) is 0 Å². The number of alkyl halides is 2. The van der Waals surface area contributed by atoms with Crippen LogP contribution in [0.25, 0.3) is 0 Å². The molecule has 19 heavy (non-hydrogen) atoms. The molecule has 0 amide bonds. The molecule has 0 radical (unpaired) electrons. The third kappa shape index (κ3) is 3.06. The largest absolute Gasteiger partial charge is 0.598 e. The van der Waals surface area contributed by atoms with Crippen LogP contribution < -0.4 is 10.0 Å². The number of nitrogens with one attached hydrogen (secondary N) is 2. The maximum Gasteiger partial charge on any atom is 0.268 e. The molecule has 1 heterocycles. The average Bonchev–Trinajstić information content (AvgIpc) is 2.54. The summed E-state index contributed by atoms with van der Waals surface area (Å²) in [5.74, 6) is -2.75.